The highest BCUT2D eigenvalue weighted by atomic mass is 16.5. The first-order valence-corrected chi connectivity index (χ1v) is 4.81. The van der Waals surface area contributed by atoms with Crippen LogP contribution < -0.4 is 0 Å². The molecular weight excluding hydrogens is 184 g/mol. The highest BCUT2D eigenvalue weighted by molar-refractivity contribution is 5.76. The predicted octanol–water partition coefficient (Wildman–Crippen LogP) is 1.33. The number of carbonyl (C=O) groups excluding carboxylic acids is 2. The third kappa shape index (κ3) is 9.19. The number of carbonyl (C=O) groups is 2. The van der Waals surface area contributed by atoms with E-state index in [2.05, 4.69) is 4.74 Å². The van der Waals surface area contributed by atoms with Gasteiger partial charge in [0, 0.05) is 13.5 Å². The van der Waals surface area contributed by atoms with Crippen LogP contribution in [0.1, 0.15) is 32.6 Å². The highest BCUT2D eigenvalue weighted by Gasteiger charge is 2.05. The summed E-state index contributed by atoms with van der Waals surface area (Å²) in [6, 6.07) is 0. The fourth-order valence-electron chi connectivity index (χ4n) is 1.01. The van der Waals surface area contributed by atoms with Gasteiger partial charge >= 0.3 is 5.97 Å². The molecule has 14 heavy (non-hydrogen) atoms. The molecule has 0 amide bonds. The van der Waals surface area contributed by atoms with Crippen molar-refractivity contribution in [2.45, 2.75) is 32.6 Å². The van der Waals surface area contributed by atoms with Gasteiger partial charge < -0.3 is 9.47 Å². The SMILES string of the molecule is COCC(C)=O.O=C1CCCCCO1. The summed E-state index contributed by atoms with van der Waals surface area (Å²) in [5, 5.41) is 0. The minimum atomic E-state index is -0.0255. The summed E-state index contributed by atoms with van der Waals surface area (Å²) in [5.74, 6) is 0.0417. The molecule has 1 aliphatic heterocycles. The van der Waals surface area contributed by atoms with E-state index in [1.54, 1.807) is 0 Å². The van der Waals surface area contributed by atoms with Gasteiger partial charge in [-0.2, -0.15) is 0 Å². The molecule has 0 radical (unpaired) electrons. The van der Waals surface area contributed by atoms with Gasteiger partial charge in [0.05, 0.1) is 6.61 Å². The van der Waals surface area contributed by atoms with E-state index in [0.29, 0.717) is 13.0 Å². The summed E-state index contributed by atoms with van der Waals surface area (Å²) in [6.07, 6.45) is 3.83. The van der Waals surface area contributed by atoms with E-state index in [9.17, 15) is 9.59 Å². The van der Waals surface area contributed by atoms with Gasteiger partial charge in [-0.1, -0.05) is 0 Å². The summed E-state index contributed by atoms with van der Waals surface area (Å²) in [5.41, 5.74) is 0. The Morgan fingerprint density at radius 1 is 1.43 bits per heavy atom. The molecule has 1 saturated heterocycles. The van der Waals surface area contributed by atoms with Crippen molar-refractivity contribution in [1.29, 1.82) is 0 Å². The van der Waals surface area contributed by atoms with Gasteiger partial charge in [0.2, 0.25) is 0 Å². The number of Topliss-reactive ketones (excluding diaryl/α,β-unsaturated/α-hetero) is 1. The Balaban J connectivity index is 0.000000255. The van der Waals surface area contributed by atoms with Crippen molar-refractivity contribution in [2.75, 3.05) is 20.3 Å². The molecule has 0 bridgehead atoms. The van der Waals surface area contributed by atoms with E-state index < -0.39 is 0 Å². The highest BCUT2D eigenvalue weighted by Crippen LogP contribution is 2.06. The molecule has 0 aromatic rings. The Hall–Kier alpha value is -0.900. The van der Waals surface area contributed by atoms with Gasteiger partial charge in [-0.05, 0) is 26.2 Å². The molecule has 0 N–H and O–H groups in total. The zero-order chi connectivity index (χ0) is 10.8. The minimum Gasteiger partial charge on any atom is -0.466 e. The van der Waals surface area contributed by atoms with Crippen molar-refractivity contribution in [1.82, 2.24) is 0 Å². The van der Waals surface area contributed by atoms with Crippen LogP contribution in [-0.4, -0.2) is 32.1 Å². The van der Waals surface area contributed by atoms with Crippen LogP contribution in [0.3, 0.4) is 0 Å². The molecule has 1 aliphatic rings. The zero-order valence-corrected chi connectivity index (χ0v) is 8.88. The van der Waals surface area contributed by atoms with Crippen molar-refractivity contribution in [3.8, 4) is 0 Å². The van der Waals surface area contributed by atoms with Crippen LogP contribution in [0.25, 0.3) is 0 Å². The first kappa shape index (κ1) is 13.1. The Morgan fingerprint density at radius 2 is 2.14 bits per heavy atom. The largest absolute Gasteiger partial charge is 0.466 e. The van der Waals surface area contributed by atoms with E-state index in [4.69, 9.17) is 4.74 Å². The monoisotopic (exact) mass is 202 g/mol. The number of esters is 1. The fourth-order valence-corrected chi connectivity index (χ4v) is 1.01. The third-order valence-corrected chi connectivity index (χ3v) is 1.64. The number of cyclic esters (lactones) is 1. The van der Waals surface area contributed by atoms with Crippen LogP contribution in [0.15, 0.2) is 0 Å². The maximum Gasteiger partial charge on any atom is 0.305 e. The predicted molar refractivity (Wildman–Crippen MR) is 52.0 cm³/mol. The second-order valence-corrected chi connectivity index (χ2v) is 3.17. The molecule has 0 atom stereocenters. The first-order valence-electron chi connectivity index (χ1n) is 4.81. The second-order valence-electron chi connectivity index (χ2n) is 3.17. The average molecular weight is 202 g/mol. The Bertz CT molecular complexity index is 167. The smallest absolute Gasteiger partial charge is 0.305 e. The summed E-state index contributed by atoms with van der Waals surface area (Å²) in [7, 11) is 1.50. The van der Waals surface area contributed by atoms with Crippen molar-refractivity contribution >= 4 is 11.8 Å². The Kier molecular flexibility index (Phi) is 8.13. The molecular formula is C10H18O4. The number of ketones is 1. The zero-order valence-electron chi connectivity index (χ0n) is 8.88. The van der Waals surface area contributed by atoms with E-state index in [1.165, 1.54) is 14.0 Å². The summed E-state index contributed by atoms with van der Waals surface area (Å²) in [4.78, 5) is 20.4. The van der Waals surface area contributed by atoms with Crippen LogP contribution in [0, 0.1) is 0 Å². The average Bonchev–Trinajstić information content (AvgIpc) is 2.33. The lowest BCUT2D eigenvalue weighted by Gasteiger charge is -1.93. The Morgan fingerprint density at radius 3 is 2.64 bits per heavy atom. The molecule has 0 aromatic heterocycles. The van der Waals surface area contributed by atoms with E-state index in [1.807, 2.05) is 0 Å². The van der Waals surface area contributed by atoms with Gasteiger partial charge in [0.15, 0.2) is 5.78 Å². The Labute approximate surface area is 84.6 Å². The minimum absolute atomic E-state index is 0.0255. The molecule has 0 aromatic carbocycles. The molecule has 0 saturated carbocycles. The summed E-state index contributed by atoms with van der Waals surface area (Å²) < 4.78 is 9.22. The van der Waals surface area contributed by atoms with Crippen LogP contribution in [0.2, 0.25) is 0 Å². The van der Waals surface area contributed by atoms with E-state index in [0.717, 1.165) is 19.3 Å². The lowest BCUT2D eigenvalue weighted by Crippen LogP contribution is -2.00. The van der Waals surface area contributed by atoms with Gasteiger partial charge in [0.1, 0.15) is 6.61 Å². The van der Waals surface area contributed by atoms with Crippen molar-refractivity contribution in [3.63, 3.8) is 0 Å². The van der Waals surface area contributed by atoms with Gasteiger partial charge in [0.25, 0.3) is 0 Å². The van der Waals surface area contributed by atoms with Crippen molar-refractivity contribution < 1.29 is 19.1 Å². The summed E-state index contributed by atoms with van der Waals surface area (Å²) in [6.45, 7) is 2.36. The number of rotatable bonds is 2. The number of ether oxygens (including phenoxy) is 2. The molecule has 4 heteroatoms. The normalized spacial score (nSPS) is 16.0. The van der Waals surface area contributed by atoms with E-state index in [-0.39, 0.29) is 18.4 Å². The second kappa shape index (κ2) is 8.69. The molecule has 1 fully saturated rings. The van der Waals surface area contributed by atoms with Crippen molar-refractivity contribution in [3.05, 3.63) is 0 Å². The van der Waals surface area contributed by atoms with Crippen LogP contribution >= 0.6 is 0 Å². The molecule has 1 heterocycles. The molecule has 4 nitrogen and oxygen atoms in total. The maximum atomic E-state index is 10.5. The molecule has 1 rings (SSSR count). The van der Waals surface area contributed by atoms with Gasteiger partial charge in [-0.3, -0.25) is 9.59 Å². The quantitative estimate of drug-likeness (QED) is 0.634. The lowest BCUT2D eigenvalue weighted by atomic mass is 10.2. The van der Waals surface area contributed by atoms with Crippen LogP contribution in [0.5, 0.6) is 0 Å². The topological polar surface area (TPSA) is 52.6 Å². The van der Waals surface area contributed by atoms with Crippen LogP contribution in [-0.2, 0) is 19.1 Å². The van der Waals surface area contributed by atoms with Gasteiger partial charge in [-0.15, -0.1) is 0 Å². The standard InChI is InChI=1S/C6H10O2.C4H8O2/c7-6-4-2-1-3-5-8-6;1-4(5)3-6-2/h1-5H2;3H2,1-2H3. The molecule has 0 spiro atoms. The lowest BCUT2D eigenvalue weighted by molar-refractivity contribution is -0.142. The van der Waals surface area contributed by atoms with Crippen LogP contribution in [0.4, 0.5) is 0 Å². The maximum absolute atomic E-state index is 10.5. The number of hydrogen-bond acceptors (Lipinski definition) is 4. The summed E-state index contributed by atoms with van der Waals surface area (Å²) >= 11 is 0. The molecule has 0 aliphatic carbocycles. The first-order chi connectivity index (χ1) is 6.66. The number of methoxy groups -OCH3 is 1. The number of hydrogen-bond donors (Lipinski definition) is 0. The van der Waals surface area contributed by atoms with E-state index >= 15 is 0 Å². The fraction of sp³-hybridized carbons (Fsp3) is 0.800. The van der Waals surface area contributed by atoms with Crippen molar-refractivity contribution in [2.24, 2.45) is 0 Å². The van der Waals surface area contributed by atoms with Gasteiger partial charge in [-0.25, -0.2) is 0 Å². The third-order valence-electron chi connectivity index (χ3n) is 1.64. The molecule has 0 unspecified atom stereocenters. The molecule has 82 valence electrons.